The highest BCUT2D eigenvalue weighted by Gasteiger charge is 2.33. The van der Waals surface area contributed by atoms with Crippen molar-refractivity contribution >= 4 is 33.4 Å². The van der Waals surface area contributed by atoms with Crippen LogP contribution in [0.5, 0.6) is 0 Å². The molecule has 0 saturated carbocycles. The van der Waals surface area contributed by atoms with Crippen molar-refractivity contribution in [3.63, 3.8) is 0 Å². The standard InChI is InChI=1S/C14H17BrClNO2/c1-14(2,15)13(18)17-7-8-19-12(9-17)10-3-5-11(16)6-4-10/h3-6,12H,7-9H2,1-2H3. The molecule has 2 rings (SSSR count). The normalized spacial score (nSPS) is 20.4. The molecule has 5 heteroatoms. The van der Waals surface area contributed by atoms with Crippen molar-refractivity contribution in [1.82, 2.24) is 4.90 Å². The van der Waals surface area contributed by atoms with Crippen molar-refractivity contribution in [2.75, 3.05) is 19.7 Å². The molecule has 1 aromatic carbocycles. The van der Waals surface area contributed by atoms with E-state index in [-0.39, 0.29) is 12.0 Å². The topological polar surface area (TPSA) is 29.5 Å². The monoisotopic (exact) mass is 345 g/mol. The molecule has 1 aliphatic heterocycles. The maximum atomic E-state index is 12.3. The molecule has 1 atom stereocenters. The Kier molecular flexibility index (Phi) is 4.54. The van der Waals surface area contributed by atoms with Crippen molar-refractivity contribution < 1.29 is 9.53 Å². The van der Waals surface area contributed by atoms with Crippen molar-refractivity contribution in [1.29, 1.82) is 0 Å². The van der Waals surface area contributed by atoms with Crippen LogP contribution >= 0.6 is 27.5 Å². The number of rotatable bonds is 2. The minimum Gasteiger partial charge on any atom is -0.370 e. The molecule has 1 fully saturated rings. The van der Waals surface area contributed by atoms with Gasteiger partial charge in [-0.15, -0.1) is 0 Å². The average molecular weight is 347 g/mol. The minimum atomic E-state index is -0.533. The van der Waals surface area contributed by atoms with E-state index in [0.29, 0.717) is 24.7 Å². The summed E-state index contributed by atoms with van der Waals surface area (Å²) in [6.07, 6.45) is -0.0789. The number of nitrogens with zero attached hydrogens (tertiary/aromatic N) is 1. The van der Waals surface area contributed by atoms with Crippen LogP contribution in [0.25, 0.3) is 0 Å². The quantitative estimate of drug-likeness (QED) is 0.768. The summed E-state index contributed by atoms with van der Waals surface area (Å²) in [6, 6.07) is 7.57. The van der Waals surface area contributed by atoms with Crippen LogP contribution in [0, 0.1) is 0 Å². The molecule has 3 nitrogen and oxygen atoms in total. The molecule has 0 aliphatic carbocycles. The van der Waals surface area contributed by atoms with Crippen molar-refractivity contribution in [2.24, 2.45) is 0 Å². The van der Waals surface area contributed by atoms with Crippen LogP contribution in [0.3, 0.4) is 0 Å². The number of hydrogen-bond donors (Lipinski definition) is 0. The third kappa shape index (κ3) is 3.71. The van der Waals surface area contributed by atoms with Crippen LogP contribution in [0.2, 0.25) is 5.02 Å². The number of carbonyl (C=O) groups excluding carboxylic acids is 1. The maximum Gasteiger partial charge on any atom is 0.239 e. The number of halogens is 2. The SMILES string of the molecule is CC(C)(Br)C(=O)N1CCOC(c2ccc(Cl)cc2)C1. The van der Waals surface area contributed by atoms with E-state index >= 15 is 0 Å². The fraction of sp³-hybridized carbons (Fsp3) is 0.500. The van der Waals surface area contributed by atoms with Gasteiger partial charge in [0.15, 0.2) is 0 Å². The summed E-state index contributed by atoms with van der Waals surface area (Å²) in [5.74, 6) is 0.0924. The number of amides is 1. The second kappa shape index (κ2) is 5.81. The Hall–Kier alpha value is -0.580. The van der Waals surface area contributed by atoms with Gasteiger partial charge in [0.2, 0.25) is 5.91 Å². The van der Waals surface area contributed by atoms with Gasteiger partial charge in [-0.3, -0.25) is 4.79 Å². The molecule has 104 valence electrons. The first-order valence-corrected chi connectivity index (χ1v) is 7.40. The molecule has 1 heterocycles. The molecule has 1 amide bonds. The summed E-state index contributed by atoms with van der Waals surface area (Å²) < 4.78 is 5.21. The third-order valence-corrected chi connectivity index (χ3v) is 3.70. The lowest BCUT2D eigenvalue weighted by atomic mass is 10.1. The van der Waals surface area contributed by atoms with Crippen molar-refractivity contribution in [3.8, 4) is 0 Å². The first-order valence-electron chi connectivity index (χ1n) is 6.23. The molecular formula is C14H17BrClNO2. The summed E-state index contributed by atoms with van der Waals surface area (Å²) in [6.45, 7) is 5.50. The van der Waals surface area contributed by atoms with E-state index in [9.17, 15) is 4.79 Å². The lowest BCUT2D eigenvalue weighted by Crippen LogP contribution is -2.48. The number of morpholine rings is 1. The molecule has 0 aromatic heterocycles. The van der Waals surface area contributed by atoms with Crippen LogP contribution < -0.4 is 0 Å². The van der Waals surface area contributed by atoms with E-state index in [2.05, 4.69) is 15.9 Å². The third-order valence-electron chi connectivity index (χ3n) is 3.10. The fourth-order valence-electron chi connectivity index (χ4n) is 2.09. The van der Waals surface area contributed by atoms with E-state index in [1.54, 1.807) is 0 Å². The summed E-state index contributed by atoms with van der Waals surface area (Å²) >= 11 is 9.29. The molecule has 1 aromatic rings. The molecule has 1 saturated heterocycles. The van der Waals surface area contributed by atoms with Gasteiger partial charge in [-0.2, -0.15) is 0 Å². The summed E-state index contributed by atoms with van der Waals surface area (Å²) in [7, 11) is 0. The van der Waals surface area contributed by atoms with Gasteiger partial charge in [-0.25, -0.2) is 0 Å². The highest BCUT2D eigenvalue weighted by molar-refractivity contribution is 9.10. The second-order valence-electron chi connectivity index (χ2n) is 5.13. The maximum absolute atomic E-state index is 12.3. The van der Waals surface area contributed by atoms with Crippen LogP contribution in [0.4, 0.5) is 0 Å². The first-order chi connectivity index (χ1) is 8.88. The zero-order valence-corrected chi connectivity index (χ0v) is 13.4. The first kappa shape index (κ1) is 14.8. The number of ether oxygens (including phenoxy) is 1. The van der Waals surface area contributed by atoms with Gasteiger partial charge in [-0.1, -0.05) is 39.7 Å². The molecule has 1 unspecified atom stereocenters. The van der Waals surface area contributed by atoms with Crippen LogP contribution in [-0.4, -0.2) is 34.8 Å². The van der Waals surface area contributed by atoms with E-state index in [0.717, 1.165) is 5.56 Å². The Morgan fingerprint density at radius 3 is 2.63 bits per heavy atom. The summed E-state index contributed by atoms with van der Waals surface area (Å²) in [4.78, 5) is 14.1. The van der Waals surface area contributed by atoms with E-state index in [1.807, 2.05) is 43.0 Å². The number of carbonyl (C=O) groups is 1. The fourth-order valence-corrected chi connectivity index (χ4v) is 2.47. The van der Waals surface area contributed by atoms with Gasteiger partial charge in [0.05, 0.1) is 17.5 Å². The van der Waals surface area contributed by atoms with Crippen LogP contribution in [0.15, 0.2) is 24.3 Å². The molecule has 0 spiro atoms. The minimum absolute atomic E-state index is 0.0789. The zero-order chi connectivity index (χ0) is 14.0. The van der Waals surface area contributed by atoms with Crippen molar-refractivity contribution in [2.45, 2.75) is 24.3 Å². The highest BCUT2D eigenvalue weighted by atomic mass is 79.9. The van der Waals surface area contributed by atoms with E-state index in [1.165, 1.54) is 0 Å². The molecule has 1 aliphatic rings. The Bertz CT molecular complexity index is 456. The van der Waals surface area contributed by atoms with Gasteiger partial charge >= 0.3 is 0 Å². The zero-order valence-electron chi connectivity index (χ0n) is 11.0. The van der Waals surface area contributed by atoms with E-state index in [4.69, 9.17) is 16.3 Å². The molecule has 0 bridgehead atoms. The largest absolute Gasteiger partial charge is 0.370 e. The predicted molar refractivity (Wildman–Crippen MR) is 79.7 cm³/mol. The van der Waals surface area contributed by atoms with Gasteiger partial charge in [0.25, 0.3) is 0 Å². The lowest BCUT2D eigenvalue weighted by molar-refractivity contribution is -0.140. The second-order valence-corrected chi connectivity index (χ2v) is 7.55. The Labute approximate surface area is 127 Å². The molecular weight excluding hydrogens is 330 g/mol. The van der Waals surface area contributed by atoms with E-state index < -0.39 is 4.32 Å². The molecule has 19 heavy (non-hydrogen) atoms. The smallest absolute Gasteiger partial charge is 0.239 e. The van der Waals surface area contributed by atoms with Gasteiger partial charge in [-0.05, 0) is 31.5 Å². The average Bonchev–Trinajstić information content (AvgIpc) is 2.38. The molecule has 0 N–H and O–H groups in total. The summed E-state index contributed by atoms with van der Waals surface area (Å²) in [5.41, 5.74) is 1.05. The lowest BCUT2D eigenvalue weighted by Gasteiger charge is -2.36. The van der Waals surface area contributed by atoms with Gasteiger partial charge in [0.1, 0.15) is 6.10 Å². The Morgan fingerprint density at radius 1 is 1.42 bits per heavy atom. The van der Waals surface area contributed by atoms with Crippen molar-refractivity contribution in [3.05, 3.63) is 34.9 Å². The van der Waals surface area contributed by atoms with Crippen LogP contribution in [-0.2, 0) is 9.53 Å². The van der Waals surface area contributed by atoms with Gasteiger partial charge in [0, 0.05) is 11.6 Å². The van der Waals surface area contributed by atoms with Gasteiger partial charge < -0.3 is 9.64 Å². The Morgan fingerprint density at radius 2 is 2.05 bits per heavy atom. The predicted octanol–water partition coefficient (Wildman–Crippen LogP) is 3.41. The molecule has 0 radical (unpaired) electrons. The van der Waals surface area contributed by atoms with Crippen LogP contribution in [0.1, 0.15) is 25.5 Å². The highest BCUT2D eigenvalue weighted by Crippen LogP contribution is 2.27. The number of hydrogen-bond acceptors (Lipinski definition) is 2. The number of benzene rings is 1. The summed E-state index contributed by atoms with van der Waals surface area (Å²) in [5, 5.41) is 0.703. The Balaban J connectivity index is 2.09. The number of alkyl halides is 1.